The maximum atomic E-state index is 4.73. The van der Waals surface area contributed by atoms with Gasteiger partial charge in [-0.15, -0.1) is 12.6 Å². The van der Waals surface area contributed by atoms with Crippen molar-refractivity contribution in [1.82, 2.24) is 5.32 Å². The predicted octanol–water partition coefficient (Wildman–Crippen LogP) is 2.23. The molecule has 0 radical (unpaired) electrons. The van der Waals surface area contributed by atoms with Crippen molar-refractivity contribution in [3.63, 3.8) is 0 Å². The molecule has 0 aromatic carbocycles. The lowest BCUT2D eigenvalue weighted by Gasteiger charge is -2.04. The molecule has 0 aromatic heterocycles. The summed E-state index contributed by atoms with van der Waals surface area (Å²) in [4.78, 5) is 0. The lowest BCUT2D eigenvalue weighted by atomic mass is 10.1. The molecule has 0 aliphatic carbocycles. The molecule has 1 nitrogen and oxygen atoms in total. The van der Waals surface area contributed by atoms with E-state index in [9.17, 15) is 0 Å². The third-order valence-corrected chi connectivity index (χ3v) is 1.54. The van der Waals surface area contributed by atoms with Gasteiger partial charge in [-0.1, -0.05) is 26.1 Å². The molecule has 0 heterocycles. The van der Waals surface area contributed by atoms with Crippen LogP contribution in [0.5, 0.6) is 0 Å². The molecule has 1 N–H and O–H groups in total. The van der Waals surface area contributed by atoms with Gasteiger partial charge in [-0.25, -0.2) is 0 Å². The molecule has 0 saturated carbocycles. The van der Waals surface area contributed by atoms with Crippen LogP contribution in [-0.2, 0) is 0 Å². The SMILES string of the molecule is CC(C)CCCNC(=S)S. The fraction of sp³-hybridized carbons (Fsp3) is 0.857. The van der Waals surface area contributed by atoms with Crippen LogP contribution in [0.25, 0.3) is 0 Å². The minimum absolute atomic E-state index is 0.601. The zero-order valence-corrected chi connectivity index (χ0v) is 8.27. The fourth-order valence-corrected chi connectivity index (χ4v) is 0.919. The molecule has 0 saturated heterocycles. The number of hydrogen-bond acceptors (Lipinski definition) is 1. The van der Waals surface area contributed by atoms with E-state index in [1.54, 1.807) is 0 Å². The third-order valence-electron chi connectivity index (χ3n) is 1.23. The molecule has 0 aromatic rings. The van der Waals surface area contributed by atoms with Gasteiger partial charge in [0.1, 0.15) is 4.32 Å². The van der Waals surface area contributed by atoms with Crippen molar-refractivity contribution in [2.75, 3.05) is 6.54 Å². The molecule has 0 bridgehead atoms. The minimum Gasteiger partial charge on any atom is -0.371 e. The van der Waals surface area contributed by atoms with Crippen LogP contribution < -0.4 is 5.32 Å². The second kappa shape index (κ2) is 5.98. The Hall–Kier alpha value is 0.240. The Morgan fingerprint density at radius 3 is 2.60 bits per heavy atom. The average Bonchev–Trinajstić information content (AvgIpc) is 1.79. The highest BCUT2D eigenvalue weighted by molar-refractivity contribution is 8.11. The van der Waals surface area contributed by atoms with Gasteiger partial charge in [0.05, 0.1) is 0 Å². The maximum absolute atomic E-state index is 4.73. The summed E-state index contributed by atoms with van der Waals surface area (Å²) in [5.74, 6) is 0.787. The lowest BCUT2D eigenvalue weighted by Crippen LogP contribution is -2.17. The molecule has 0 atom stereocenters. The van der Waals surface area contributed by atoms with Gasteiger partial charge >= 0.3 is 0 Å². The van der Waals surface area contributed by atoms with Crippen LogP contribution >= 0.6 is 24.8 Å². The molecule has 0 spiro atoms. The zero-order chi connectivity index (χ0) is 7.98. The Labute approximate surface area is 74.0 Å². The Balaban J connectivity index is 2.98. The van der Waals surface area contributed by atoms with Gasteiger partial charge in [0.15, 0.2) is 0 Å². The monoisotopic (exact) mass is 177 g/mol. The molecule has 0 aliphatic heterocycles. The standard InChI is InChI=1S/C7H15NS2/c1-6(2)4-3-5-8-7(9)10/h6H,3-5H2,1-2H3,(H2,8,9,10). The summed E-state index contributed by atoms with van der Waals surface area (Å²) in [7, 11) is 0. The summed E-state index contributed by atoms with van der Waals surface area (Å²) in [6.07, 6.45) is 2.43. The lowest BCUT2D eigenvalue weighted by molar-refractivity contribution is 0.553. The molecule has 60 valence electrons. The van der Waals surface area contributed by atoms with E-state index in [-0.39, 0.29) is 0 Å². The fourth-order valence-electron chi connectivity index (χ4n) is 0.706. The first-order valence-corrected chi connectivity index (χ1v) is 4.45. The van der Waals surface area contributed by atoms with Gasteiger partial charge in [0.25, 0.3) is 0 Å². The minimum atomic E-state index is 0.601. The van der Waals surface area contributed by atoms with Gasteiger partial charge in [-0.2, -0.15) is 0 Å². The number of hydrogen-bond donors (Lipinski definition) is 2. The summed E-state index contributed by atoms with van der Waals surface area (Å²) in [5.41, 5.74) is 0. The van der Waals surface area contributed by atoms with Crippen molar-refractivity contribution in [2.45, 2.75) is 26.7 Å². The summed E-state index contributed by atoms with van der Waals surface area (Å²) in [5, 5.41) is 3.00. The first kappa shape index (κ1) is 10.2. The summed E-state index contributed by atoms with van der Waals surface area (Å²) >= 11 is 8.67. The maximum Gasteiger partial charge on any atom is 0.130 e. The second-order valence-corrected chi connectivity index (χ2v) is 3.93. The molecule has 10 heavy (non-hydrogen) atoms. The smallest absolute Gasteiger partial charge is 0.130 e. The highest BCUT2D eigenvalue weighted by atomic mass is 32.1. The quantitative estimate of drug-likeness (QED) is 0.388. The van der Waals surface area contributed by atoms with Gasteiger partial charge in [-0.05, 0) is 18.8 Å². The Kier molecular flexibility index (Phi) is 6.13. The molecule has 0 aliphatic rings. The van der Waals surface area contributed by atoms with Crippen LogP contribution in [0.2, 0.25) is 0 Å². The summed E-state index contributed by atoms with van der Waals surface area (Å²) in [6.45, 7) is 5.40. The van der Waals surface area contributed by atoms with Crippen LogP contribution in [-0.4, -0.2) is 10.9 Å². The molecule has 3 heteroatoms. The van der Waals surface area contributed by atoms with Gasteiger partial charge in [-0.3, -0.25) is 0 Å². The molecule has 0 fully saturated rings. The van der Waals surface area contributed by atoms with E-state index in [4.69, 9.17) is 12.2 Å². The van der Waals surface area contributed by atoms with Crippen molar-refractivity contribution < 1.29 is 0 Å². The van der Waals surface area contributed by atoms with Crippen LogP contribution in [0.3, 0.4) is 0 Å². The zero-order valence-electron chi connectivity index (χ0n) is 6.55. The number of rotatable bonds is 4. The first-order chi connectivity index (χ1) is 4.63. The highest BCUT2D eigenvalue weighted by Gasteiger charge is 1.92. The molecule has 0 amide bonds. The Morgan fingerprint density at radius 1 is 1.60 bits per heavy atom. The van der Waals surface area contributed by atoms with Gasteiger partial charge < -0.3 is 5.32 Å². The number of thiocarbonyl (C=S) groups is 1. The molecule has 0 rings (SSSR count). The van der Waals surface area contributed by atoms with E-state index in [1.165, 1.54) is 12.8 Å². The van der Waals surface area contributed by atoms with Crippen LogP contribution in [0, 0.1) is 5.92 Å². The Bertz CT molecular complexity index is 102. The van der Waals surface area contributed by atoms with Gasteiger partial charge in [0.2, 0.25) is 0 Å². The molecule has 0 unspecified atom stereocenters. The van der Waals surface area contributed by atoms with E-state index >= 15 is 0 Å². The largest absolute Gasteiger partial charge is 0.371 e. The Morgan fingerprint density at radius 2 is 2.20 bits per heavy atom. The van der Waals surface area contributed by atoms with E-state index in [0.29, 0.717) is 4.32 Å². The van der Waals surface area contributed by atoms with Crippen molar-refractivity contribution in [3.05, 3.63) is 0 Å². The van der Waals surface area contributed by atoms with Crippen molar-refractivity contribution in [2.24, 2.45) is 5.92 Å². The third kappa shape index (κ3) is 8.24. The molecular formula is C7H15NS2. The topological polar surface area (TPSA) is 12.0 Å². The van der Waals surface area contributed by atoms with Crippen molar-refractivity contribution in [3.8, 4) is 0 Å². The van der Waals surface area contributed by atoms with Crippen molar-refractivity contribution >= 4 is 29.2 Å². The normalized spacial score (nSPS) is 10.0. The second-order valence-electron chi connectivity index (χ2n) is 2.77. The van der Waals surface area contributed by atoms with Gasteiger partial charge in [0, 0.05) is 6.54 Å². The number of nitrogens with one attached hydrogen (secondary N) is 1. The first-order valence-electron chi connectivity index (χ1n) is 3.59. The van der Waals surface area contributed by atoms with Crippen LogP contribution in [0.1, 0.15) is 26.7 Å². The molecular weight excluding hydrogens is 162 g/mol. The van der Waals surface area contributed by atoms with E-state index in [2.05, 4.69) is 31.8 Å². The number of thiol groups is 1. The average molecular weight is 177 g/mol. The van der Waals surface area contributed by atoms with E-state index in [1.807, 2.05) is 0 Å². The van der Waals surface area contributed by atoms with Crippen LogP contribution in [0.4, 0.5) is 0 Å². The summed E-state index contributed by atoms with van der Waals surface area (Å²) in [6, 6.07) is 0. The summed E-state index contributed by atoms with van der Waals surface area (Å²) < 4.78 is 0.601. The van der Waals surface area contributed by atoms with Crippen LogP contribution in [0.15, 0.2) is 0 Å². The van der Waals surface area contributed by atoms with Crippen molar-refractivity contribution in [1.29, 1.82) is 0 Å². The van der Waals surface area contributed by atoms with E-state index in [0.717, 1.165) is 12.5 Å². The highest BCUT2D eigenvalue weighted by Crippen LogP contribution is 2.01. The predicted molar refractivity (Wildman–Crippen MR) is 53.7 cm³/mol. The van der Waals surface area contributed by atoms with E-state index < -0.39 is 0 Å².